The fourth-order valence-electron chi connectivity index (χ4n) is 2.66. The van der Waals surface area contributed by atoms with Gasteiger partial charge in [0.25, 0.3) is 0 Å². The van der Waals surface area contributed by atoms with Crippen molar-refractivity contribution in [3.8, 4) is 5.75 Å². The highest BCUT2D eigenvalue weighted by molar-refractivity contribution is 9.10. The summed E-state index contributed by atoms with van der Waals surface area (Å²) in [5.41, 5.74) is -1.41. The number of hydrazone groups is 1. The number of benzene rings is 3. The molecule has 0 fully saturated rings. The van der Waals surface area contributed by atoms with Gasteiger partial charge in [0.2, 0.25) is 0 Å². The molecule has 0 saturated heterocycles. The summed E-state index contributed by atoms with van der Waals surface area (Å²) >= 11 is 15.1. The first kappa shape index (κ1) is 26.1. The van der Waals surface area contributed by atoms with Crippen molar-refractivity contribution in [2.45, 2.75) is 12.8 Å². The molecule has 0 aliphatic rings. The fraction of sp³-hybridized carbons (Fsp3) is 0.0952. The Hall–Kier alpha value is -2.50. The number of anilines is 1. The molecule has 13 heteroatoms. The molecule has 180 valence electrons. The first-order valence-electron chi connectivity index (χ1n) is 8.98. The lowest BCUT2D eigenvalue weighted by atomic mass is 10.1. The fourth-order valence-corrected chi connectivity index (χ4v) is 3.49. The molecule has 0 atom stereocenters. The first-order chi connectivity index (χ1) is 15.9. The van der Waals surface area contributed by atoms with Crippen molar-refractivity contribution in [1.82, 2.24) is 0 Å². The quantitative estimate of drug-likeness (QED) is 0.136. The van der Waals surface area contributed by atoms with Crippen LogP contribution in [-0.2, 0) is 12.8 Å². The predicted molar refractivity (Wildman–Crippen MR) is 117 cm³/mol. The van der Waals surface area contributed by atoms with Crippen molar-refractivity contribution in [2.75, 3.05) is 5.43 Å². The summed E-state index contributed by atoms with van der Waals surface area (Å²) in [6, 6.07) is 9.48. The minimum absolute atomic E-state index is 0.161. The summed E-state index contributed by atoms with van der Waals surface area (Å²) in [4.78, 5) is 0. The number of rotatable bonds is 6. The summed E-state index contributed by atoms with van der Waals surface area (Å²) in [7, 11) is 0. The molecule has 1 N–H and O–H groups in total. The predicted octanol–water partition coefficient (Wildman–Crippen LogP) is 8.36. The monoisotopic (exact) mass is 588 g/mol. The van der Waals surface area contributed by atoms with Crippen LogP contribution in [0.5, 0.6) is 5.75 Å². The van der Waals surface area contributed by atoms with Crippen LogP contribution in [0.1, 0.15) is 16.7 Å². The van der Waals surface area contributed by atoms with Gasteiger partial charge in [-0.05, 0) is 57.4 Å². The summed E-state index contributed by atoms with van der Waals surface area (Å²) in [6.45, 7) is 0.161. The summed E-state index contributed by atoms with van der Waals surface area (Å²) < 4.78 is 99.1. The minimum Gasteiger partial charge on any atom is -0.488 e. The largest absolute Gasteiger partial charge is 0.488 e. The number of nitrogens with zero attached hydrogens (tertiary/aromatic N) is 1. The van der Waals surface area contributed by atoms with Crippen LogP contribution in [0.15, 0.2) is 46.0 Å². The third-order valence-corrected chi connectivity index (χ3v) is 5.63. The van der Waals surface area contributed by atoms with Gasteiger partial charge in [0.05, 0.1) is 20.7 Å². The van der Waals surface area contributed by atoms with Crippen molar-refractivity contribution >= 4 is 51.0 Å². The highest BCUT2D eigenvalue weighted by Gasteiger charge is 2.42. The van der Waals surface area contributed by atoms with Gasteiger partial charge in [0, 0.05) is 0 Å². The van der Waals surface area contributed by atoms with Crippen LogP contribution in [0.4, 0.5) is 36.4 Å². The Bertz CT molecular complexity index is 1240. The molecule has 0 radical (unpaired) electrons. The molecule has 34 heavy (non-hydrogen) atoms. The minimum atomic E-state index is -5.63. The van der Waals surface area contributed by atoms with Gasteiger partial charge in [-0.15, -0.1) is 0 Å². The number of alkyl halides is 3. The van der Waals surface area contributed by atoms with Crippen LogP contribution in [0.3, 0.4) is 0 Å². The van der Waals surface area contributed by atoms with E-state index in [2.05, 4.69) is 21.0 Å². The molecular formula is C21H10BrCl2F7N2O. The van der Waals surface area contributed by atoms with E-state index < -0.39 is 40.7 Å². The molecule has 0 unspecified atom stereocenters. The van der Waals surface area contributed by atoms with Crippen LogP contribution in [0, 0.1) is 23.3 Å². The number of nitrogens with one attached hydrogen (secondary N) is 1. The SMILES string of the molecule is Fc1c(F)c(C(F)(F)F)c(F)c(F)c1N/N=C/c1ccc(OCc2ccc(Cl)c(Cl)c2)c(Br)c1. The van der Waals surface area contributed by atoms with Gasteiger partial charge in [0.15, 0.2) is 23.3 Å². The number of halogens is 10. The Labute approximate surface area is 206 Å². The maximum Gasteiger partial charge on any atom is 0.422 e. The van der Waals surface area contributed by atoms with Crippen LogP contribution in [0.25, 0.3) is 0 Å². The molecule has 3 aromatic rings. The van der Waals surface area contributed by atoms with Crippen molar-refractivity contribution < 1.29 is 35.5 Å². The van der Waals surface area contributed by atoms with Gasteiger partial charge in [-0.3, -0.25) is 5.43 Å². The van der Waals surface area contributed by atoms with Gasteiger partial charge in [0.1, 0.15) is 23.6 Å². The second-order valence-electron chi connectivity index (χ2n) is 6.60. The number of hydrogen-bond donors (Lipinski definition) is 1. The van der Waals surface area contributed by atoms with E-state index in [1.807, 2.05) is 0 Å². The highest BCUT2D eigenvalue weighted by Crippen LogP contribution is 2.38. The van der Waals surface area contributed by atoms with Crippen molar-refractivity contribution in [3.63, 3.8) is 0 Å². The number of hydrogen-bond acceptors (Lipinski definition) is 3. The molecule has 3 rings (SSSR count). The van der Waals surface area contributed by atoms with Crippen LogP contribution < -0.4 is 10.2 Å². The van der Waals surface area contributed by atoms with Crippen molar-refractivity contribution in [2.24, 2.45) is 5.10 Å². The lowest BCUT2D eigenvalue weighted by Gasteiger charge is -2.13. The second-order valence-corrected chi connectivity index (χ2v) is 8.27. The van der Waals surface area contributed by atoms with Crippen molar-refractivity contribution in [1.29, 1.82) is 0 Å². The third-order valence-electron chi connectivity index (χ3n) is 4.27. The third kappa shape index (κ3) is 5.76. The molecule has 0 aromatic heterocycles. The molecule has 0 aliphatic carbocycles. The standard InChI is InChI=1S/C21H10BrCl2F7N2O/c22-11-5-9(2-4-14(11)34-8-10-1-3-12(23)13(24)6-10)7-32-33-20-18(27)16(25)15(21(29,30)31)17(26)19(20)28/h1-7,33H,8H2/b32-7+. The first-order valence-corrected chi connectivity index (χ1v) is 10.5. The topological polar surface area (TPSA) is 33.6 Å². The van der Waals surface area contributed by atoms with E-state index in [1.54, 1.807) is 23.6 Å². The Balaban J connectivity index is 1.73. The van der Waals surface area contributed by atoms with Gasteiger partial charge in [-0.1, -0.05) is 29.3 Å². The molecule has 0 aliphatic heterocycles. The molecule has 0 amide bonds. The van der Waals surface area contributed by atoms with E-state index in [1.165, 1.54) is 18.2 Å². The lowest BCUT2D eigenvalue weighted by molar-refractivity contribution is -0.143. The average Bonchev–Trinajstić information content (AvgIpc) is 2.75. The summed E-state index contributed by atoms with van der Waals surface area (Å²) in [5.74, 6) is -9.29. The van der Waals surface area contributed by atoms with E-state index in [4.69, 9.17) is 27.9 Å². The van der Waals surface area contributed by atoms with Gasteiger partial charge < -0.3 is 4.74 Å². The Morgan fingerprint density at radius 3 is 2.12 bits per heavy atom. The van der Waals surface area contributed by atoms with E-state index in [9.17, 15) is 30.7 Å². The zero-order valence-corrected chi connectivity index (χ0v) is 19.5. The molecule has 3 aromatic carbocycles. The number of ether oxygens (including phenoxy) is 1. The molecule has 3 nitrogen and oxygen atoms in total. The Morgan fingerprint density at radius 2 is 1.56 bits per heavy atom. The zero-order valence-electron chi connectivity index (χ0n) is 16.4. The average molecular weight is 590 g/mol. The molecule has 0 spiro atoms. The van der Waals surface area contributed by atoms with Crippen LogP contribution >= 0.6 is 39.1 Å². The maximum atomic E-state index is 13.9. The van der Waals surface area contributed by atoms with Crippen LogP contribution in [-0.4, -0.2) is 6.21 Å². The zero-order chi connectivity index (χ0) is 25.2. The smallest absolute Gasteiger partial charge is 0.422 e. The normalized spacial score (nSPS) is 11.8. The highest BCUT2D eigenvalue weighted by atomic mass is 79.9. The Morgan fingerprint density at radius 1 is 0.912 bits per heavy atom. The van der Waals surface area contributed by atoms with E-state index in [0.717, 1.165) is 11.8 Å². The van der Waals surface area contributed by atoms with E-state index >= 15 is 0 Å². The Kier molecular flexibility index (Phi) is 7.99. The summed E-state index contributed by atoms with van der Waals surface area (Å²) in [6.07, 6.45) is -4.62. The molecular weight excluding hydrogens is 580 g/mol. The van der Waals surface area contributed by atoms with E-state index in [0.29, 0.717) is 25.8 Å². The summed E-state index contributed by atoms with van der Waals surface area (Å²) in [5, 5.41) is 4.19. The molecule has 0 heterocycles. The second kappa shape index (κ2) is 10.4. The molecule has 0 saturated carbocycles. The van der Waals surface area contributed by atoms with E-state index in [-0.39, 0.29) is 6.61 Å². The van der Waals surface area contributed by atoms with Crippen molar-refractivity contribution in [3.05, 3.63) is 90.9 Å². The maximum absolute atomic E-state index is 13.9. The van der Waals surface area contributed by atoms with Gasteiger partial charge >= 0.3 is 6.18 Å². The van der Waals surface area contributed by atoms with Gasteiger partial charge in [-0.2, -0.15) is 18.3 Å². The molecule has 0 bridgehead atoms. The van der Waals surface area contributed by atoms with Gasteiger partial charge in [-0.25, -0.2) is 17.6 Å². The van der Waals surface area contributed by atoms with Crippen LogP contribution in [0.2, 0.25) is 10.0 Å². The lowest BCUT2D eigenvalue weighted by Crippen LogP contribution is -2.16.